The number of carboxylic acid groups (broad SMARTS) is 1. The van der Waals surface area contributed by atoms with Gasteiger partial charge in [0.2, 0.25) is 0 Å². The van der Waals surface area contributed by atoms with Crippen molar-refractivity contribution in [3.8, 4) is 0 Å². The first-order valence-corrected chi connectivity index (χ1v) is 9.21. The van der Waals surface area contributed by atoms with Crippen LogP contribution in [0.1, 0.15) is 45.4 Å². The van der Waals surface area contributed by atoms with E-state index in [1.54, 1.807) is 25.7 Å². The summed E-state index contributed by atoms with van der Waals surface area (Å²) in [7, 11) is 0. The Kier molecular flexibility index (Phi) is 9.30. The van der Waals surface area contributed by atoms with Crippen molar-refractivity contribution < 1.29 is 42.1 Å². The van der Waals surface area contributed by atoms with Gasteiger partial charge in [0.15, 0.2) is 0 Å². The normalized spacial score (nSPS) is 16.5. The highest BCUT2D eigenvalue weighted by Crippen LogP contribution is 2.22. The highest BCUT2D eigenvalue weighted by molar-refractivity contribution is 6.01. The molecule has 0 bridgehead atoms. The Morgan fingerprint density at radius 1 is 1.33 bits per heavy atom. The predicted octanol–water partition coefficient (Wildman–Crippen LogP) is 1.63. The number of aromatic amines is 1. The molecule has 1 aliphatic rings. The Morgan fingerprint density at radius 3 is 2.43 bits per heavy atom. The van der Waals surface area contributed by atoms with Crippen LogP contribution in [0.2, 0.25) is 0 Å². The van der Waals surface area contributed by atoms with Crippen molar-refractivity contribution in [1.29, 1.82) is 0 Å². The van der Waals surface area contributed by atoms with Crippen LogP contribution in [0.3, 0.4) is 0 Å². The second kappa shape index (κ2) is 11.0. The van der Waals surface area contributed by atoms with Gasteiger partial charge >= 0.3 is 18.1 Å². The summed E-state index contributed by atoms with van der Waals surface area (Å²) in [5.74, 6) is -3.28. The number of rotatable bonds is 5. The molecule has 0 saturated carbocycles. The van der Waals surface area contributed by atoms with Gasteiger partial charge in [0.25, 0.3) is 5.91 Å². The number of alkyl halides is 3. The maximum absolute atomic E-state index is 12.9. The lowest BCUT2D eigenvalue weighted by Gasteiger charge is -2.33. The molecular formula is C18H26F3N3O6. The SMILES string of the molecule is CCOC(=O)c1[nH]c(C)c(C(=O)N2CCOC(CCN)C2)c1C.O=C(O)C(F)(F)F. The molecule has 4 N–H and O–H groups in total. The van der Waals surface area contributed by atoms with E-state index in [-0.39, 0.29) is 12.0 Å². The first kappa shape index (κ1) is 25.4. The summed E-state index contributed by atoms with van der Waals surface area (Å²) in [6, 6.07) is 0. The van der Waals surface area contributed by atoms with Gasteiger partial charge in [-0.1, -0.05) is 0 Å². The van der Waals surface area contributed by atoms with Crippen LogP contribution >= 0.6 is 0 Å². The summed E-state index contributed by atoms with van der Waals surface area (Å²) in [5.41, 5.74) is 7.77. The molecule has 2 rings (SSSR count). The number of amides is 1. The summed E-state index contributed by atoms with van der Waals surface area (Å²) in [5, 5.41) is 7.12. The van der Waals surface area contributed by atoms with Gasteiger partial charge in [0.05, 0.1) is 24.9 Å². The molecule has 1 saturated heterocycles. The zero-order valence-corrected chi connectivity index (χ0v) is 17.0. The van der Waals surface area contributed by atoms with E-state index in [1.807, 2.05) is 0 Å². The first-order chi connectivity index (χ1) is 13.9. The lowest BCUT2D eigenvalue weighted by Crippen LogP contribution is -2.46. The maximum atomic E-state index is 12.9. The highest BCUT2D eigenvalue weighted by Gasteiger charge is 2.38. The number of carboxylic acids is 1. The fourth-order valence-electron chi connectivity index (χ4n) is 2.90. The number of esters is 1. The number of nitrogens with zero attached hydrogens (tertiary/aromatic N) is 1. The molecule has 1 aromatic heterocycles. The summed E-state index contributed by atoms with van der Waals surface area (Å²) in [6.45, 7) is 7.70. The van der Waals surface area contributed by atoms with Crippen molar-refractivity contribution >= 4 is 17.8 Å². The molecule has 0 spiro atoms. The number of aliphatic carboxylic acids is 1. The molecule has 2 heterocycles. The monoisotopic (exact) mass is 437 g/mol. The van der Waals surface area contributed by atoms with Crippen molar-refractivity contribution in [3.05, 3.63) is 22.5 Å². The van der Waals surface area contributed by atoms with Crippen LogP contribution in [0.15, 0.2) is 0 Å². The topological polar surface area (TPSA) is 135 Å². The minimum Gasteiger partial charge on any atom is -0.475 e. The summed E-state index contributed by atoms with van der Waals surface area (Å²) >= 11 is 0. The molecule has 0 aliphatic carbocycles. The number of morpholine rings is 1. The number of hydrogen-bond donors (Lipinski definition) is 3. The van der Waals surface area contributed by atoms with Gasteiger partial charge in [-0.05, 0) is 39.3 Å². The number of aromatic nitrogens is 1. The Labute approximate surface area is 171 Å². The highest BCUT2D eigenvalue weighted by atomic mass is 19.4. The van der Waals surface area contributed by atoms with E-state index < -0.39 is 18.1 Å². The zero-order valence-electron chi connectivity index (χ0n) is 17.0. The zero-order chi connectivity index (χ0) is 23.1. The fourth-order valence-corrected chi connectivity index (χ4v) is 2.90. The number of ether oxygens (including phenoxy) is 2. The van der Waals surface area contributed by atoms with Crippen LogP contribution in [0.4, 0.5) is 13.2 Å². The molecule has 1 unspecified atom stereocenters. The van der Waals surface area contributed by atoms with Crippen LogP contribution in [-0.2, 0) is 14.3 Å². The Bertz CT molecular complexity index is 761. The van der Waals surface area contributed by atoms with Crippen LogP contribution in [0, 0.1) is 13.8 Å². The van der Waals surface area contributed by atoms with Crippen molar-refractivity contribution in [2.75, 3.05) is 32.8 Å². The van der Waals surface area contributed by atoms with Crippen LogP contribution < -0.4 is 5.73 Å². The Hall–Kier alpha value is -2.60. The molecule has 30 heavy (non-hydrogen) atoms. The maximum Gasteiger partial charge on any atom is 0.490 e. The Balaban J connectivity index is 0.000000553. The summed E-state index contributed by atoms with van der Waals surface area (Å²) in [6.07, 6.45) is -4.38. The van der Waals surface area contributed by atoms with Gasteiger partial charge in [0.1, 0.15) is 5.69 Å². The molecule has 9 nitrogen and oxygen atoms in total. The standard InChI is InChI=1S/C16H25N3O4.C2HF3O2/c1-4-22-16(21)14-10(2)13(11(3)18-14)15(20)19-7-8-23-12(9-19)5-6-17;3-2(4,5)1(6)7/h12,18H,4-9,17H2,1-3H3;(H,6,7). The second-order valence-electron chi connectivity index (χ2n) is 6.47. The predicted molar refractivity (Wildman–Crippen MR) is 99.2 cm³/mol. The minimum atomic E-state index is -5.08. The van der Waals surface area contributed by atoms with Crippen LogP contribution in [-0.4, -0.2) is 78.0 Å². The third kappa shape index (κ3) is 6.73. The van der Waals surface area contributed by atoms with Gasteiger partial charge in [-0.25, -0.2) is 9.59 Å². The quantitative estimate of drug-likeness (QED) is 0.596. The van der Waals surface area contributed by atoms with E-state index >= 15 is 0 Å². The number of aryl methyl sites for hydroxylation is 1. The van der Waals surface area contributed by atoms with Crippen molar-refractivity contribution in [2.45, 2.75) is 39.5 Å². The lowest BCUT2D eigenvalue weighted by molar-refractivity contribution is -0.192. The smallest absolute Gasteiger partial charge is 0.475 e. The molecule has 1 amide bonds. The van der Waals surface area contributed by atoms with Gasteiger partial charge in [-0.3, -0.25) is 4.79 Å². The third-order valence-electron chi connectivity index (χ3n) is 4.29. The molecule has 0 radical (unpaired) electrons. The van der Waals surface area contributed by atoms with Gasteiger partial charge in [-0.15, -0.1) is 0 Å². The minimum absolute atomic E-state index is 0.0261. The Morgan fingerprint density at radius 2 is 1.93 bits per heavy atom. The molecule has 1 atom stereocenters. The van der Waals surface area contributed by atoms with Crippen LogP contribution in [0.25, 0.3) is 0 Å². The van der Waals surface area contributed by atoms with Gasteiger partial charge < -0.3 is 30.2 Å². The molecule has 1 fully saturated rings. The number of nitrogens with one attached hydrogen (secondary N) is 1. The van der Waals surface area contributed by atoms with Crippen molar-refractivity contribution in [1.82, 2.24) is 9.88 Å². The number of nitrogens with two attached hydrogens (primary N) is 1. The number of H-pyrrole nitrogens is 1. The lowest BCUT2D eigenvalue weighted by atomic mass is 10.1. The fraction of sp³-hybridized carbons (Fsp3) is 0.611. The van der Waals surface area contributed by atoms with E-state index in [0.29, 0.717) is 55.4 Å². The van der Waals surface area contributed by atoms with E-state index in [1.165, 1.54) is 0 Å². The van der Waals surface area contributed by atoms with E-state index in [9.17, 15) is 22.8 Å². The molecule has 1 aromatic rings. The largest absolute Gasteiger partial charge is 0.490 e. The number of hydrogen-bond acceptors (Lipinski definition) is 6. The van der Waals surface area contributed by atoms with Crippen molar-refractivity contribution in [3.63, 3.8) is 0 Å². The van der Waals surface area contributed by atoms with Gasteiger partial charge in [0, 0.05) is 18.8 Å². The van der Waals surface area contributed by atoms with E-state index in [4.69, 9.17) is 25.1 Å². The average molecular weight is 437 g/mol. The molecular weight excluding hydrogens is 411 g/mol. The summed E-state index contributed by atoms with van der Waals surface area (Å²) < 4.78 is 42.4. The number of carbonyl (C=O) groups is 3. The third-order valence-corrected chi connectivity index (χ3v) is 4.29. The van der Waals surface area contributed by atoms with Crippen molar-refractivity contribution in [2.24, 2.45) is 5.73 Å². The van der Waals surface area contributed by atoms with Gasteiger partial charge in [-0.2, -0.15) is 13.2 Å². The van der Waals surface area contributed by atoms with Crippen LogP contribution in [0.5, 0.6) is 0 Å². The molecule has 170 valence electrons. The molecule has 0 aromatic carbocycles. The summed E-state index contributed by atoms with van der Waals surface area (Å²) in [4.78, 5) is 38.4. The molecule has 1 aliphatic heterocycles. The second-order valence-corrected chi connectivity index (χ2v) is 6.47. The van der Waals surface area contributed by atoms with E-state index in [0.717, 1.165) is 6.42 Å². The molecule has 12 heteroatoms. The number of carbonyl (C=O) groups excluding carboxylic acids is 2. The van der Waals surface area contributed by atoms with E-state index in [2.05, 4.69) is 4.98 Å². The first-order valence-electron chi connectivity index (χ1n) is 9.21. The average Bonchev–Trinajstić information content (AvgIpc) is 2.96. The number of halogens is 3.